The Balaban J connectivity index is 2.73. The van der Waals surface area contributed by atoms with E-state index < -0.39 is 6.29 Å². The van der Waals surface area contributed by atoms with Gasteiger partial charge in [-0.2, -0.15) is 5.10 Å². The molecule has 0 aliphatic carbocycles. The van der Waals surface area contributed by atoms with Crippen molar-refractivity contribution in [2.24, 2.45) is 4.99 Å². The zero-order valence-corrected chi connectivity index (χ0v) is 20.9. The minimum atomic E-state index is -0.758. The molecule has 0 saturated heterocycles. The van der Waals surface area contributed by atoms with Gasteiger partial charge in [-0.3, -0.25) is 14.5 Å². The fraction of sp³-hybridized carbons (Fsp3) is 0.500. The van der Waals surface area contributed by atoms with Crippen LogP contribution in [0.2, 0.25) is 0 Å². The molecule has 2 aromatic rings. The number of hydrogen-bond donors (Lipinski definition) is 0. The molecule has 1 heterocycles. The van der Waals surface area contributed by atoms with Crippen molar-refractivity contribution in [2.45, 2.75) is 80.1 Å². The summed E-state index contributed by atoms with van der Waals surface area (Å²) in [6, 6.07) is 8.43. The fourth-order valence-electron chi connectivity index (χ4n) is 3.44. The van der Waals surface area contributed by atoms with Crippen molar-refractivity contribution < 1.29 is 14.3 Å². The second-order valence-corrected chi connectivity index (χ2v) is 8.86. The molecule has 0 amide bonds. The highest BCUT2D eigenvalue weighted by Crippen LogP contribution is 2.32. The highest BCUT2D eigenvalue weighted by molar-refractivity contribution is 6.18. The normalized spacial score (nSPS) is 13.8. The summed E-state index contributed by atoms with van der Waals surface area (Å²) in [7, 11) is 1.73. The Morgan fingerprint density at radius 2 is 1.78 bits per heavy atom. The second-order valence-electron chi connectivity index (χ2n) is 8.86. The van der Waals surface area contributed by atoms with Crippen LogP contribution in [-0.2, 0) is 26.2 Å². The van der Waals surface area contributed by atoms with Gasteiger partial charge in [0, 0.05) is 44.3 Å². The maximum Gasteiger partial charge on any atom is 0.308 e. The van der Waals surface area contributed by atoms with Gasteiger partial charge in [0.1, 0.15) is 5.69 Å². The smallest absolute Gasteiger partial charge is 0.308 e. The van der Waals surface area contributed by atoms with Crippen LogP contribution in [0.3, 0.4) is 0 Å². The van der Waals surface area contributed by atoms with Crippen LogP contribution in [0.25, 0.3) is 11.3 Å². The lowest BCUT2D eigenvalue weighted by Crippen LogP contribution is -2.19. The Morgan fingerprint density at radius 1 is 1.16 bits per heavy atom. The van der Waals surface area contributed by atoms with Gasteiger partial charge in [-0.25, -0.2) is 0 Å². The number of aromatic nitrogens is 2. The van der Waals surface area contributed by atoms with E-state index in [1.807, 2.05) is 25.5 Å². The van der Waals surface area contributed by atoms with E-state index in [9.17, 15) is 4.79 Å². The molecule has 1 aromatic carbocycles. The van der Waals surface area contributed by atoms with E-state index >= 15 is 0 Å². The van der Waals surface area contributed by atoms with Crippen molar-refractivity contribution in [2.75, 3.05) is 7.05 Å². The summed E-state index contributed by atoms with van der Waals surface area (Å²) in [4.78, 5) is 16.2. The molecule has 0 aliphatic rings. The highest BCUT2D eigenvalue weighted by Gasteiger charge is 2.24. The van der Waals surface area contributed by atoms with E-state index in [2.05, 4.69) is 55.1 Å². The SMILES string of the molecule is CCC(=O)OC(C)O/C(=C(/C=NC)c1ccc(C(C)(C)C)cc1)c1c(C)c(C)nn1CC. The van der Waals surface area contributed by atoms with Crippen molar-refractivity contribution in [1.82, 2.24) is 9.78 Å². The van der Waals surface area contributed by atoms with Gasteiger partial charge in [0.05, 0.1) is 5.69 Å². The van der Waals surface area contributed by atoms with E-state index in [4.69, 9.17) is 9.47 Å². The molecule has 0 aliphatic heterocycles. The van der Waals surface area contributed by atoms with E-state index in [-0.39, 0.29) is 17.8 Å². The molecule has 2 rings (SSSR count). The van der Waals surface area contributed by atoms with Gasteiger partial charge in [-0.05, 0) is 37.3 Å². The monoisotopic (exact) mass is 439 g/mol. The molecule has 0 fully saturated rings. The summed E-state index contributed by atoms with van der Waals surface area (Å²) < 4.78 is 13.6. The fourth-order valence-corrected chi connectivity index (χ4v) is 3.44. The van der Waals surface area contributed by atoms with Crippen molar-refractivity contribution in [3.8, 4) is 0 Å². The topological polar surface area (TPSA) is 65.7 Å². The molecule has 32 heavy (non-hydrogen) atoms. The van der Waals surface area contributed by atoms with Gasteiger partial charge in [0.2, 0.25) is 6.29 Å². The minimum absolute atomic E-state index is 0.0536. The average molecular weight is 440 g/mol. The first kappa shape index (κ1) is 25.4. The Kier molecular flexibility index (Phi) is 8.42. The number of carbonyl (C=O) groups excluding carboxylic acids is 1. The molecule has 0 bridgehead atoms. The van der Waals surface area contributed by atoms with Crippen molar-refractivity contribution >= 4 is 23.5 Å². The summed E-state index contributed by atoms with van der Waals surface area (Å²) in [5.74, 6) is 0.282. The van der Waals surface area contributed by atoms with E-state index in [1.54, 1.807) is 27.1 Å². The van der Waals surface area contributed by atoms with Gasteiger partial charge >= 0.3 is 5.97 Å². The lowest BCUT2D eigenvalue weighted by atomic mass is 9.86. The molecule has 0 N–H and O–H groups in total. The summed E-state index contributed by atoms with van der Waals surface area (Å²) in [5, 5.41) is 4.67. The van der Waals surface area contributed by atoms with Gasteiger partial charge in [0.25, 0.3) is 0 Å². The van der Waals surface area contributed by atoms with Crippen LogP contribution in [0.15, 0.2) is 29.3 Å². The number of aryl methyl sites for hydroxylation is 2. The number of rotatable bonds is 8. The molecular formula is C26H37N3O3. The minimum Gasteiger partial charge on any atom is -0.452 e. The van der Waals surface area contributed by atoms with Crippen molar-refractivity contribution in [1.29, 1.82) is 0 Å². The number of ether oxygens (including phenoxy) is 2. The molecule has 1 aromatic heterocycles. The van der Waals surface area contributed by atoms with Crippen LogP contribution in [-0.4, -0.2) is 35.3 Å². The Morgan fingerprint density at radius 3 is 2.28 bits per heavy atom. The Hall–Kier alpha value is -2.89. The second kappa shape index (κ2) is 10.6. The van der Waals surface area contributed by atoms with E-state index in [0.717, 1.165) is 28.1 Å². The first-order chi connectivity index (χ1) is 15.0. The number of aliphatic imine (C=N–C) groups is 1. The number of benzene rings is 1. The van der Waals surface area contributed by atoms with Gasteiger partial charge < -0.3 is 9.47 Å². The van der Waals surface area contributed by atoms with Gasteiger partial charge in [-0.15, -0.1) is 0 Å². The molecular weight excluding hydrogens is 402 g/mol. The largest absolute Gasteiger partial charge is 0.452 e. The third kappa shape index (κ3) is 5.87. The van der Waals surface area contributed by atoms with Crippen LogP contribution in [0.5, 0.6) is 0 Å². The van der Waals surface area contributed by atoms with Gasteiger partial charge in [0.15, 0.2) is 5.76 Å². The average Bonchev–Trinajstić information content (AvgIpc) is 3.03. The Labute approximate surface area is 192 Å². The summed E-state index contributed by atoms with van der Waals surface area (Å²) in [5.41, 5.74) is 5.88. The lowest BCUT2D eigenvalue weighted by Gasteiger charge is -2.22. The van der Waals surface area contributed by atoms with Crippen molar-refractivity contribution in [3.63, 3.8) is 0 Å². The first-order valence-electron chi connectivity index (χ1n) is 11.2. The highest BCUT2D eigenvalue weighted by atomic mass is 16.7. The third-order valence-corrected chi connectivity index (χ3v) is 5.38. The van der Waals surface area contributed by atoms with Crippen LogP contribution in [0.4, 0.5) is 0 Å². The van der Waals surface area contributed by atoms with Crippen molar-refractivity contribution in [3.05, 3.63) is 52.3 Å². The summed E-state index contributed by atoms with van der Waals surface area (Å²) in [6.07, 6.45) is 1.32. The Bertz CT molecular complexity index is 993. The number of esters is 1. The predicted molar refractivity (Wildman–Crippen MR) is 131 cm³/mol. The molecule has 6 nitrogen and oxygen atoms in total. The number of carbonyl (C=O) groups is 1. The quantitative estimate of drug-likeness (QED) is 0.229. The van der Waals surface area contributed by atoms with E-state index in [1.165, 1.54) is 5.56 Å². The summed E-state index contributed by atoms with van der Waals surface area (Å²) in [6.45, 7) is 16.8. The lowest BCUT2D eigenvalue weighted by molar-refractivity contribution is -0.163. The third-order valence-electron chi connectivity index (χ3n) is 5.38. The standard InChI is InChI=1S/C26H37N3O3/c1-10-23(30)31-19(5)32-25(24-17(3)18(4)28-29(24)11-2)22(16-27-9)20-12-14-21(15-13-20)26(6,7)8/h12-16,19H,10-11H2,1-9H3/b25-22-,27-16?. The van der Waals surface area contributed by atoms with Gasteiger partial charge in [-0.1, -0.05) is 52.0 Å². The number of hydrogen-bond acceptors (Lipinski definition) is 5. The summed E-state index contributed by atoms with van der Waals surface area (Å²) >= 11 is 0. The number of allylic oxidation sites excluding steroid dienone is 1. The van der Waals surface area contributed by atoms with Crippen LogP contribution in [0, 0.1) is 13.8 Å². The maximum atomic E-state index is 11.9. The predicted octanol–water partition coefficient (Wildman–Crippen LogP) is 5.70. The molecule has 0 radical (unpaired) electrons. The first-order valence-corrected chi connectivity index (χ1v) is 11.2. The van der Waals surface area contributed by atoms with Crippen LogP contribution >= 0.6 is 0 Å². The number of nitrogens with zero attached hydrogens (tertiary/aromatic N) is 3. The molecule has 0 spiro atoms. The molecule has 1 atom stereocenters. The van der Waals surface area contributed by atoms with Crippen LogP contribution < -0.4 is 0 Å². The zero-order valence-electron chi connectivity index (χ0n) is 20.9. The molecule has 1 unspecified atom stereocenters. The molecule has 6 heteroatoms. The molecule has 0 saturated carbocycles. The molecule has 174 valence electrons. The maximum absolute atomic E-state index is 11.9. The van der Waals surface area contributed by atoms with E-state index in [0.29, 0.717) is 12.3 Å². The van der Waals surface area contributed by atoms with Crippen LogP contribution in [0.1, 0.15) is 76.0 Å². The zero-order chi connectivity index (χ0) is 24.1.